The molecule has 0 aliphatic heterocycles. The van der Waals surface area contributed by atoms with E-state index in [2.05, 4.69) is 106 Å². The van der Waals surface area contributed by atoms with Crippen molar-refractivity contribution in [2.75, 3.05) is 13.2 Å². The van der Waals surface area contributed by atoms with Gasteiger partial charge in [0.1, 0.15) is 13.2 Å². The highest BCUT2D eigenvalue weighted by atomic mass is 16.6. The van der Waals surface area contributed by atoms with Crippen LogP contribution in [-0.4, -0.2) is 37.2 Å². The van der Waals surface area contributed by atoms with Gasteiger partial charge in [-0.3, -0.25) is 14.4 Å². The van der Waals surface area contributed by atoms with Crippen molar-refractivity contribution < 1.29 is 28.6 Å². The van der Waals surface area contributed by atoms with Crippen molar-refractivity contribution in [1.29, 1.82) is 0 Å². The first-order valence-corrected chi connectivity index (χ1v) is 28.6. The fourth-order valence-corrected chi connectivity index (χ4v) is 7.82. The Labute approximate surface area is 420 Å². The van der Waals surface area contributed by atoms with Crippen molar-refractivity contribution in [1.82, 2.24) is 0 Å². The van der Waals surface area contributed by atoms with Crippen LogP contribution in [0.2, 0.25) is 0 Å². The largest absolute Gasteiger partial charge is 0.462 e. The molecule has 0 aliphatic carbocycles. The van der Waals surface area contributed by atoms with E-state index in [-0.39, 0.29) is 37.5 Å². The lowest BCUT2D eigenvalue weighted by atomic mass is 10.1. The smallest absolute Gasteiger partial charge is 0.306 e. The van der Waals surface area contributed by atoms with Crippen molar-refractivity contribution in [2.45, 2.75) is 277 Å². The van der Waals surface area contributed by atoms with Crippen molar-refractivity contribution in [3.05, 3.63) is 85.1 Å². The molecule has 0 radical (unpaired) electrons. The summed E-state index contributed by atoms with van der Waals surface area (Å²) in [6, 6.07) is 0. The lowest BCUT2D eigenvalue weighted by Crippen LogP contribution is -2.30. The first kappa shape index (κ1) is 64.6. The lowest BCUT2D eigenvalue weighted by Gasteiger charge is -2.18. The van der Waals surface area contributed by atoms with Crippen LogP contribution in [0.25, 0.3) is 0 Å². The quantitative estimate of drug-likeness (QED) is 0.0262. The number of hydrogen-bond acceptors (Lipinski definition) is 6. The lowest BCUT2D eigenvalue weighted by molar-refractivity contribution is -0.167. The molecule has 0 amide bonds. The standard InChI is InChI=1S/C62H106O6/c1-4-7-10-13-16-19-22-25-28-30-31-33-34-37-40-43-46-49-52-55-61(64)67-58-59(57-66-60(63)54-51-48-45-42-39-36-27-24-21-18-15-12-9-6-3)68-62(65)56-53-50-47-44-41-38-35-32-29-26-23-20-17-14-11-8-5-2/h8,11,17,20,26,29-31,35-36,38-39,44,47,59H,4-7,9-10,12-16,18-19,21-25,27-28,32-34,37,40-43,45-46,48-58H2,1-3H3/b11-8-,20-17-,29-26-,31-30-,38-35-,39-36-,47-44-. The minimum atomic E-state index is -0.814. The van der Waals surface area contributed by atoms with E-state index in [1.54, 1.807) is 0 Å². The summed E-state index contributed by atoms with van der Waals surface area (Å²) in [5, 5.41) is 0. The molecule has 0 aliphatic rings. The molecule has 0 fully saturated rings. The summed E-state index contributed by atoms with van der Waals surface area (Å²) in [6.45, 7) is 6.47. The maximum absolute atomic E-state index is 12.8. The van der Waals surface area contributed by atoms with Gasteiger partial charge in [0.15, 0.2) is 6.10 Å². The second-order valence-corrected chi connectivity index (χ2v) is 18.8. The Kier molecular flexibility index (Phi) is 53.4. The zero-order chi connectivity index (χ0) is 49.3. The predicted octanol–water partition coefficient (Wildman–Crippen LogP) is 19.2. The first-order chi connectivity index (χ1) is 33.5. The monoisotopic (exact) mass is 947 g/mol. The summed E-state index contributed by atoms with van der Waals surface area (Å²) >= 11 is 0. The van der Waals surface area contributed by atoms with Gasteiger partial charge in [-0.25, -0.2) is 0 Å². The van der Waals surface area contributed by atoms with Gasteiger partial charge >= 0.3 is 17.9 Å². The number of rotatable bonds is 51. The van der Waals surface area contributed by atoms with Gasteiger partial charge in [-0.05, 0) is 109 Å². The van der Waals surface area contributed by atoms with Crippen LogP contribution in [0.4, 0.5) is 0 Å². The van der Waals surface area contributed by atoms with Crippen molar-refractivity contribution >= 4 is 17.9 Å². The molecule has 0 spiro atoms. The number of carbonyl (C=O) groups excluding carboxylic acids is 3. The molecule has 6 heteroatoms. The molecule has 1 atom stereocenters. The van der Waals surface area contributed by atoms with Gasteiger partial charge in [-0.2, -0.15) is 0 Å². The predicted molar refractivity (Wildman–Crippen MR) is 293 cm³/mol. The molecule has 0 heterocycles. The molecule has 0 aromatic rings. The zero-order valence-corrected chi connectivity index (χ0v) is 44.6. The fraction of sp³-hybridized carbons (Fsp3) is 0.726. The molecule has 0 N–H and O–H groups in total. The van der Waals surface area contributed by atoms with Crippen LogP contribution >= 0.6 is 0 Å². The average molecular weight is 948 g/mol. The molecule has 0 saturated heterocycles. The average Bonchev–Trinajstić information content (AvgIpc) is 3.34. The van der Waals surface area contributed by atoms with Gasteiger partial charge in [0.05, 0.1) is 0 Å². The summed E-state index contributed by atoms with van der Waals surface area (Å²) < 4.78 is 16.8. The molecule has 0 bridgehead atoms. The third kappa shape index (κ3) is 53.5. The van der Waals surface area contributed by atoms with E-state index in [0.717, 1.165) is 89.9 Å². The van der Waals surface area contributed by atoms with Gasteiger partial charge in [0.2, 0.25) is 0 Å². The van der Waals surface area contributed by atoms with E-state index in [9.17, 15) is 14.4 Å². The van der Waals surface area contributed by atoms with Crippen LogP contribution in [0.1, 0.15) is 271 Å². The minimum absolute atomic E-state index is 0.106. The first-order valence-electron chi connectivity index (χ1n) is 28.6. The van der Waals surface area contributed by atoms with E-state index < -0.39 is 6.10 Å². The summed E-state index contributed by atoms with van der Waals surface area (Å²) in [5.41, 5.74) is 0. The van der Waals surface area contributed by atoms with E-state index in [4.69, 9.17) is 14.2 Å². The second-order valence-electron chi connectivity index (χ2n) is 18.8. The van der Waals surface area contributed by atoms with E-state index in [1.165, 1.54) is 135 Å². The maximum Gasteiger partial charge on any atom is 0.306 e. The molecule has 6 nitrogen and oxygen atoms in total. The van der Waals surface area contributed by atoms with Gasteiger partial charge in [-0.1, -0.05) is 228 Å². The number of allylic oxidation sites excluding steroid dienone is 14. The number of carbonyl (C=O) groups is 3. The highest BCUT2D eigenvalue weighted by Gasteiger charge is 2.19. The second kappa shape index (κ2) is 56.2. The van der Waals surface area contributed by atoms with Gasteiger partial charge in [0, 0.05) is 19.3 Å². The normalized spacial score (nSPS) is 12.7. The molecule has 0 aromatic heterocycles. The Morgan fingerprint density at radius 2 is 0.588 bits per heavy atom. The molecular formula is C62H106O6. The zero-order valence-electron chi connectivity index (χ0n) is 44.6. The van der Waals surface area contributed by atoms with Crippen LogP contribution in [0.5, 0.6) is 0 Å². The van der Waals surface area contributed by atoms with E-state index >= 15 is 0 Å². The number of ether oxygens (including phenoxy) is 3. The summed E-state index contributed by atoms with van der Waals surface area (Å²) in [6.07, 6.45) is 72.9. The maximum atomic E-state index is 12.8. The van der Waals surface area contributed by atoms with Crippen molar-refractivity contribution in [2.24, 2.45) is 0 Å². The fourth-order valence-electron chi connectivity index (χ4n) is 7.82. The van der Waals surface area contributed by atoms with Crippen LogP contribution in [0, 0.1) is 0 Å². The number of hydrogen-bond donors (Lipinski definition) is 0. The third-order valence-electron chi connectivity index (χ3n) is 12.1. The third-order valence-corrected chi connectivity index (χ3v) is 12.1. The summed E-state index contributed by atoms with van der Waals surface area (Å²) in [7, 11) is 0. The molecule has 0 saturated carbocycles. The van der Waals surface area contributed by atoms with Gasteiger partial charge < -0.3 is 14.2 Å². The van der Waals surface area contributed by atoms with Crippen molar-refractivity contribution in [3.63, 3.8) is 0 Å². The van der Waals surface area contributed by atoms with Crippen molar-refractivity contribution in [3.8, 4) is 0 Å². The SMILES string of the molecule is CC/C=C\C/C=C\C/C=C\C/C=C\C/C=C\CCCC(=O)OC(COC(=O)CCCCC/C=C\CCCCCCCCC)COC(=O)CCCCCCCCC/C=C\CCCCCCCCCC. The highest BCUT2D eigenvalue weighted by Crippen LogP contribution is 2.14. The van der Waals surface area contributed by atoms with E-state index in [1.807, 2.05) is 0 Å². The van der Waals surface area contributed by atoms with Gasteiger partial charge in [0.25, 0.3) is 0 Å². The highest BCUT2D eigenvalue weighted by molar-refractivity contribution is 5.71. The molecule has 390 valence electrons. The number of unbranched alkanes of at least 4 members (excludes halogenated alkanes) is 26. The Bertz CT molecular complexity index is 1320. The van der Waals surface area contributed by atoms with E-state index in [0.29, 0.717) is 19.3 Å². The minimum Gasteiger partial charge on any atom is -0.462 e. The topological polar surface area (TPSA) is 78.9 Å². The van der Waals surface area contributed by atoms with Crippen LogP contribution in [0.3, 0.4) is 0 Å². The molecule has 68 heavy (non-hydrogen) atoms. The molecule has 0 aromatic carbocycles. The van der Waals surface area contributed by atoms with Crippen LogP contribution in [-0.2, 0) is 28.6 Å². The van der Waals surface area contributed by atoms with Gasteiger partial charge in [-0.15, -0.1) is 0 Å². The molecule has 0 rings (SSSR count). The number of esters is 3. The Morgan fingerprint density at radius 3 is 0.971 bits per heavy atom. The summed E-state index contributed by atoms with van der Waals surface area (Å²) in [4.78, 5) is 38.1. The Balaban J connectivity index is 4.47. The Hall–Kier alpha value is -3.41. The van der Waals surface area contributed by atoms with Crippen LogP contribution < -0.4 is 0 Å². The van der Waals surface area contributed by atoms with Crippen LogP contribution in [0.15, 0.2) is 85.1 Å². The Morgan fingerprint density at radius 1 is 0.309 bits per heavy atom. The molecule has 1 unspecified atom stereocenters. The summed E-state index contributed by atoms with van der Waals surface area (Å²) in [5.74, 6) is -0.980. The molecular weight excluding hydrogens is 841 g/mol.